The Balaban J connectivity index is 1.96. The Bertz CT molecular complexity index is 610. The van der Waals surface area contributed by atoms with Crippen molar-refractivity contribution >= 4 is 17.0 Å². The van der Waals surface area contributed by atoms with E-state index >= 15 is 0 Å². The maximum atomic E-state index is 11.1. The second kappa shape index (κ2) is 5.65. The molecule has 1 aliphatic rings. The molecule has 4 nitrogen and oxygen atoms in total. The van der Waals surface area contributed by atoms with E-state index in [0.717, 1.165) is 11.0 Å². The Morgan fingerprint density at radius 2 is 1.85 bits per heavy atom. The molecule has 0 unspecified atom stereocenters. The third-order valence-electron chi connectivity index (χ3n) is 4.29. The number of carboxylic acids is 1. The van der Waals surface area contributed by atoms with Crippen LogP contribution in [0.25, 0.3) is 11.0 Å². The largest absolute Gasteiger partial charge is 0.478 e. The van der Waals surface area contributed by atoms with Gasteiger partial charge in [0, 0.05) is 6.04 Å². The third-order valence-corrected chi connectivity index (χ3v) is 4.29. The molecule has 0 amide bonds. The summed E-state index contributed by atoms with van der Waals surface area (Å²) in [5.41, 5.74) is 2.18. The fourth-order valence-electron chi connectivity index (χ4n) is 3.16. The number of aromatic carboxylic acids is 1. The lowest BCUT2D eigenvalue weighted by Crippen LogP contribution is -2.10. The molecule has 1 N–H and O–H groups in total. The first-order valence-corrected chi connectivity index (χ1v) is 7.45. The maximum Gasteiger partial charge on any atom is 0.335 e. The fraction of sp³-hybridized carbons (Fsp3) is 0.500. The highest BCUT2D eigenvalue weighted by atomic mass is 16.4. The van der Waals surface area contributed by atoms with Crippen LogP contribution in [0.2, 0.25) is 0 Å². The third kappa shape index (κ3) is 2.55. The lowest BCUT2D eigenvalue weighted by atomic mass is 9.96. The van der Waals surface area contributed by atoms with Crippen LogP contribution in [0.3, 0.4) is 0 Å². The van der Waals surface area contributed by atoms with E-state index in [1.54, 1.807) is 18.2 Å². The molecular formula is C16H20N2O2. The number of carboxylic acid groups (broad SMARTS) is 1. The minimum Gasteiger partial charge on any atom is -0.478 e. The molecule has 0 radical (unpaired) electrons. The van der Waals surface area contributed by atoms with E-state index < -0.39 is 5.97 Å². The molecule has 106 valence electrons. The van der Waals surface area contributed by atoms with Crippen LogP contribution >= 0.6 is 0 Å². The van der Waals surface area contributed by atoms with Crippen molar-refractivity contribution in [3.63, 3.8) is 0 Å². The van der Waals surface area contributed by atoms with Gasteiger partial charge in [-0.2, -0.15) is 0 Å². The number of hydrogen-bond donors (Lipinski definition) is 1. The molecule has 4 heteroatoms. The number of benzene rings is 1. The van der Waals surface area contributed by atoms with Gasteiger partial charge in [0.1, 0.15) is 0 Å². The number of fused-ring (bicyclic) bond motifs is 1. The Kier molecular flexibility index (Phi) is 3.72. The van der Waals surface area contributed by atoms with Gasteiger partial charge in [-0.25, -0.2) is 9.78 Å². The maximum absolute atomic E-state index is 11.1. The molecule has 0 aliphatic heterocycles. The predicted octanol–water partition coefficient (Wildman–Crippen LogP) is 4.02. The molecule has 1 fully saturated rings. The van der Waals surface area contributed by atoms with Gasteiger partial charge in [-0.3, -0.25) is 0 Å². The average molecular weight is 272 g/mol. The van der Waals surface area contributed by atoms with Gasteiger partial charge >= 0.3 is 5.97 Å². The van der Waals surface area contributed by atoms with E-state index in [1.165, 1.54) is 44.9 Å². The molecule has 0 atom stereocenters. The molecule has 2 aromatic rings. The first kappa shape index (κ1) is 13.2. The van der Waals surface area contributed by atoms with Crippen LogP contribution in [-0.4, -0.2) is 20.6 Å². The minimum atomic E-state index is -0.877. The van der Waals surface area contributed by atoms with Gasteiger partial charge in [0.15, 0.2) is 0 Å². The minimum absolute atomic E-state index is 0.338. The van der Waals surface area contributed by atoms with Crippen molar-refractivity contribution in [3.05, 3.63) is 30.1 Å². The van der Waals surface area contributed by atoms with Crippen molar-refractivity contribution in [2.45, 2.75) is 51.0 Å². The first-order chi connectivity index (χ1) is 9.75. The second-order valence-electron chi connectivity index (χ2n) is 5.66. The summed E-state index contributed by atoms with van der Waals surface area (Å²) in [6.45, 7) is 0. The molecular weight excluding hydrogens is 252 g/mol. The number of hydrogen-bond acceptors (Lipinski definition) is 2. The molecule has 20 heavy (non-hydrogen) atoms. The number of rotatable bonds is 2. The smallest absolute Gasteiger partial charge is 0.335 e. The fourth-order valence-corrected chi connectivity index (χ4v) is 3.16. The van der Waals surface area contributed by atoms with Crippen LogP contribution in [0.15, 0.2) is 24.5 Å². The molecule has 1 aliphatic carbocycles. The van der Waals surface area contributed by atoms with Crippen molar-refractivity contribution in [2.24, 2.45) is 0 Å². The zero-order chi connectivity index (χ0) is 13.9. The Morgan fingerprint density at radius 1 is 1.15 bits per heavy atom. The number of carbonyl (C=O) groups is 1. The summed E-state index contributed by atoms with van der Waals surface area (Å²) in [6, 6.07) is 5.64. The normalized spacial score (nSPS) is 17.8. The summed E-state index contributed by atoms with van der Waals surface area (Å²) in [7, 11) is 0. The first-order valence-electron chi connectivity index (χ1n) is 7.45. The zero-order valence-electron chi connectivity index (χ0n) is 11.6. The number of imidazole rings is 1. The lowest BCUT2D eigenvalue weighted by Gasteiger charge is -2.21. The van der Waals surface area contributed by atoms with Crippen LogP contribution in [-0.2, 0) is 0 Å². The van der Waals surface area contributed by atoms with E-state index in [-0.39, 0.29) is 0 Å². The lowest BCUT2D eigenvalue weighted by molar-refractivity contribution is 0.0697. The van der Waals surface area contributed by atoms with Crippen LogP contribution < -0.4 is 0 Å². The Morgan fingerprint density at radius 3 is 2.55 bits per heavy atom. The summed E-state index contributed by atoms with van der Waals surface area (Å²) >= 11 is 0. The van der Waals surface area contributed by atoms with Crippen LogP contribution in [0.4, 0.5) is 0 Å². The molecule has 0 spiro atoms. The number of aromatic nitrogens is 2. The summed E-state index contributed by atoms with van der Waals surface area (Å²) in [4.78, 5) is 15.5. The van der Waals surface area contributed by atoms with Gasteiger partial charge < -0.3 is 9.67 Å². The van der Waals surface area contributed by atoms with Crippen LogP contribution in [0.5, 0.6) is 0 Å². The van der Waals surface area contributed by atoms with E-state index in [2.05, 4.69) is 9.55 Å². The van der Waals surface area contributed by atoms with E-state index in [1.807, 2.05) is 6.33 Å². The van der Waals surface area contributed by atoms with Gasteiger partial charge in [-0.1, -0.05) is 32.1 Å². The summed E-state index contributed by atoms with van der Waals surface area (Å²) in [5.74, 6) is -0.877. The van der Waals surface area contributed by atoms with Crippen molar-refractivity contribution in [1.29, 1.82) is 0 Å². The topological polar surface area (TPSA) is 55.1 Å². The molecule has 0 saturated heterocycles. The van der Waals surface area contributed by atoms with Crippen molar-refractivity contribution in [1.82, 2.24) is 9.55 Å². The van der Waals surface area contributed by atoms with E-state index in [9.17, 15) is 4.79 Å². The predicted molar refractivity (Wildman–Crippen MR) is 78.0 cm³/mol. The SMILES string of the molecule is O=C(O)c1ccc2ncn(C3CCCCCCC3)c2c1. The molecule has 1 heterocycles. The van der Waals surface area contributed by atoms with Gasteiger partial charge in [0.2, 0.25) is 0 Å². The van der Waals surface area contributed by atoms with Gasteiger partial charge in [0.05, 0.1) is 22.9 Å². The molecule has 3 rings (SSSR count). The van der Waals surface area contributed by atoms with Gasteiger partial charge in [0.25, 0.3) is 0 Å². The highest BCUT2D eigenvalue weighted by Gasteiger charge is 2.16. The molecule has 1 aromatic heterocycles. The quantitative estimate of drug-likeness (QED) is 0.898. The van der Waals surface area contributed by atoms with Gasteiger partial charge in [-0.15, -0.1) is 0 Å². The van der Waals surface area contributed by atoms with Crippen molar-refractivity contribution in [3.8, 4) is 0 Å². The molecule has 0 bridgehead atoms. The second-order valence-corrected chi connectivity index (χ2v) is 5.66. The summed E-state index contributed by atoms with van der Waals surface area (Å²) in [6.07, 6.45) is 10.7. The van der Waals surface area contributed by atoms with Crippen LogP contribution in [0.1, 0.15) is 61.3 Å². The summed E-state index contributed by atoms with van der Waals surface area (Å²) < 4.78 is 2.19. The highest BCUT2D eigenvalue weighted by molar-refractivity contribution is 5.92. The van der Waals surface area contributed by atoms with Crippen molar-refractivity contribution in [2.75, 3.05) is 0 Å². The monoisotopic (exact) mass is 272 g/mol. The summed E-state index contributed by atoms with van der Waals surface area (Å²) in [5, 5.41) is 9.14. The van der Waals surface area contributed by atoms with Crippen LogP contribution in [0, 0.1) is 0 Å². The molecule has 1 saturated carbocycles. The molecule has 1 aromatic carbocycles. The number of nitrogens with zero attached hydrogens (tertiary/aromatic N) is 2. The van der Waals surface area contributed by atoms with Crippen molar-refractivity contribution < 1.29 is 9.90 Å². The standard InChI is InChI=1S/C16H20N2O2/c19-16(20)12-8-9-14-15(10-12)18(11-17-14)13-6-4-2-1-3-5-7-13/h8-11,13H,1-7H2,(H,19,20). The average Bonchev–Trinajstić information content (AvgIpc) is 2.81. The Labute approximate surface area is 118 Å². The van der Waals surface area contributed by atoms with E-state index in [4.69, 9.17) is 5.11 Å². The van der Waals surface area contributed by atoms with E-state index in [0.29, 0.717) is 11.6 Å². The Hall–Kier alpha value is -1.84. The van der Waals surface area contributed by atoms with Gasteiger partial charge in [-0.05, 0) is 31.0 Å². The zero-order valence-corrected chi connectivity index (χ0v) is 11.6. The highest BCUT2D eigenvalue weighted by Crippen LogP contribution is 2.29.